The molecule has 1 aliphatic rings. The third kappa shape index (κ3) is 3.68. The summed E-state index contributed by atoms with van der Waals surface area (Å²) < 4.78 is 5.01. The van der Waals surface area contributed by atoms with Gasteiger partial charge >= 0.3 is 0 Å². The van der Waals surface area contributed by atoms with Gasteiger partial charge in [0, 0.05) is 30.5 Å². The molecule has 2 N–H and O–H groups in total. The molecule has 0 spiro atoms. The third-order valence-electron chi connectivity index (χ3n) is 4.04. The summed E-state index contributed by atoms with van der Waals surface area (Å²) in [5, 5.41) is 18.0. The summed E-state index contributed by atoms with van der Waals surface area (Å²) >= 11 is 0. The van der Waals surface area contributed by atoms with Crippen molar-refractivity contribution in [3.63, 3.8) is 0 Å². The minimum Gasteiger partial charge on any atom is -0.372 e. The van der Waals surface area contributed by atoms with Crippen molar-refractivity contribution in [3.8, 4) is 0 Å². The highest BCUT2D eigenvalue weighted by molar-refractivity contribution is 5.61. The summed E-state index contributed by atoms with van der Waals surface area (Å²) in [7, 11) is 0. The number of aryl methyl sites for hydroxylation is 1. The van der Waals surface area contributed by atoms with Crippen LogP contribution >= 0.6 is 0 Å². The standard InChI is InChI=1S/C17H19N7O/c1-12-10-15(23-25-12)20-17-21-16(11-18-22-17)19-13-4-6-14(7-5-13)24-8-2-3-9-24/h4-7,10-11H,2-3,8-9H2,1H3,(H2,19,20,21,22,23). The Morgan fingerprint density at radius 2 is 1.84 bits per heavy atom. The van der Waals surface area contributed by atoms with E-state index in [0.717, 1.165) is 18.8 Å². The van der Waals surface area contributed by atoms with E-state index >= 15 is 0 Å². The van der Waals surface area contributed by atoms with Crippen molar-refractivity contribution in [2.24, 2.45) is 0 Å². The predicted molar refractivity (Wildman–Crippen MR) is 95.5 cm³/mol. The molecule has 0 saturated carbocycles. The van der Waals surface area contributed by atoms with Crippen LogP contribution in [0, 0.1) is 6.92 Å². The summed E-state index contributed by atoms with van der Waals surface area (Å²) in [5.74, 6) is 2.22. The Hall–Kier alpha value is -3.16. The van der Waals surface area contributed by atoms with E-state index in [4.69, 9.17) is 4.52 Å². The smallest absolute Gasteiger partial charge is 0.250 e. The van der Waals surface area contributed by atoms with Crippen LogP contribution in [0.15, 0.2) is 41.1 Å². The zero-order chi connectivity index (χ0) is 17.1. The van der Waals surface area contributed by atoms with E-state index in [1.54, 1.807) is 12.3 Å². The first-order chi connectivity index (χ1) is 12.3. The first kappa shape index (κ1) is 15.4. The van der Waals surface area contributed by atoms with Crippen LogP contribution in [0.25, 0.3) is 0 Å². The SMILES string of the molecule is Cc1cc(Nc2nncc(Nc3ccc(N4CCCC4)cc3)n2)no1. The van der Waals surface area contributed by atoms with Gasteiger partial charge in [0.05, 0.1) is 6.20 Å². The van der Waals surface area contributed by atoms with E-state index in [-0.39, 0.29) is 0 Å². The number of benzene rings is 1. The van der Waals surface area contributed by atoms with Gasteiger partial charge in [-0.15, -0.1) is 5.10 Å². The fraction of sp³-hybridized carbons (Fsp3) is 0.294. The van der Waals surface area contributed by atoms with Gasteiger partial charge in [-0.1, -0.05) is 5.16 Å². The van der Waals surface area contributed by atoms with E-state index in [0.29, 0.717) is 23.3 Å². The Morgan fingerprint density at radius 3 is 2.56 bits per heavy atom. The number of anilines is 5. The summed E-state index contributed by atoms with van der Waals surface area (Å²) in [6.07, 6.45) is 4.12. The average Bonchev–Trinajstić information content (AvgIpc) is 3.28. The molecule has 3 heterocycles. The highest BCUT2D eigenvalue weighted by atomic mass is 16.5. The topological polar surface area (TPSA) is 92.0 Å². The summed E-state index contributed by atoms with van der Waals surface area (Å²) in [6.45, 7) is 4.10. The first-order valence-corrected chi connectivity index (χ1v) is 8.28. The quantitative estimate of drug-likeness (QED) is 0.733. The van der Waals surface area contributed by atoms with E-state index in [9.17, 15) is 0 Å². The largest absolute Gasteiger partial charge is 0.372 e. The highest BCUT2D eigenvalue weighted by Gasteiger charge is 2.12. The second-order valence-corrected chi connectivity index (χ2v) is 5.98. The van der Waals surface area contributed by atoms with E-state index in [1.807, 2.05) is 19.1 Å². The molecule has 25 heavy (non-hydrogen) atoms. The van der Waals surface area contributed by atoms with Gasteiger partial charge in [-0.3, -0.25) is 0 Å². The van der Waals surface area contributed by atoms with Gasteiger partial charge in [-0.25, -0.2) is 0 Å². The first-order valence-electron chi connectivity index (χ1n) is 8.28. The molecule has 1 aliphatic heterocycles. The lowest BCUT2D eigenvalue weighted by Crippen LogP contribution is -2.17. The summed E-state index contributed by atoms with van der Waals surface area (Å²) in [5.41, 5.74) is 2.21. The highest BCUT2D eigenvalue weighted by Crippen LogP contribution is 2.23. The number of rotatable bonds is 5. The van der Waals surface area contributed by atoms with E-state index in [1.165, 1.54) is 18.5 Å². The van der Waals surface area contributed by atoms with Gasteiger partial charge in [0.25, 0.3) is 0 Å². The van der Waals surface area contributed by atoms with Gasteiger partial charge in [-0.05, 0) is 44.0 Å². The van der Waals surface area contributed by atoms with Gasteiger partial charge in [0.15, 0.2) is 11.6 Å². The van der Waals surface area contributed by atoms with Crippen LogP contribution in [0.1, 0.15) is 18.6 Å². The molecule has 4 rings (SSSR count). The molecule has 0 unspecified atom stereocenters. The Bertz CT molecular complexity index is 840. The van der Waals surface area contributed by atoms with Crippen molar-refractivity contribution in [1.29, 1.82) is 0 Å². The van der Waals surface area contributed by atoms with E-state index in [2.05, 4.69) is 48.0 Å². The van der Waals surface area contributed by atoms with Crippen LogP contribution in [0.3, 0.4) is 0 Å². The van der Waals surface area contributed by atoms with Crippen molar-refractivity contribution in [2.75, 3.05) is 28.6 Å². The molecule has 0 amide bonds. The fourth-order valence-corrected chi connectivity index (χ4v) is 2.84. The van der Waals surface area contributed by atoms with E-state index < -0.39 is 0 Å². The zero-order valence-electron chi connectivity index (χ0n) is 13.9. The van der Waals surface area contributed by atoms with Gasteiger partial charge in [-0.2, -0.15) is 10.1 Å². The lowest BCUT2D eigenvalue weighted by Gasteiger charge is -2.17. The molecule has 0 atom stereocenters. The van der Waals surface area contributed by atoms with Gasteiger partial charge < -0.3 is 20.1 Å². The van der Waals surface area contributed by atoms with Crippen molar-refractivity contribution in [2.45, 2.75) is 19.8 Å². The maximum Gasteiger partial charge on any atom is 0.250 e. The molecular formula is C17H19N7O. The van der Waals surface area contributed by atoms with Crippen LogP contribution in [0.5, 0.6) is 0 Å². The second kappa shape index (κ2) is 6.76. The molecule has 1 aromatic carbocycles. The van der Waals surface area contributed by atoms with Crippen molar-refractivity contribution < 1.29 is 4.52 Å². The lowest BCUT2D eigenvalue weighted by atomic mass is 10.2. The number of hydrogen-bond donors (Lipinski definition) is 2. The minimum absolute atomic E-state index is 0.354. The fourth-order valence-electron chi connectivity index (χ4n) is 2.84. The molecule has 128 valence electrons. The average molecular weight is 337 g/mol. The minimum atomic E-state index is 0.354. The Morgan fingerprint density at radius 1 is 1.04 bits per heavy atom. The van der Waals surface area contributed by atoms with Crippen molar-refractivity contribution >= 4 is 29.0 Å². The second-order valence-electron chi connectivity index (χ2n) is 5.98. The van der Waals surface area contributed by atoms with Crippen LogP contribution in [-0.4, -0.2) is 33.4 Å². The number of nitrogens with one attached hydrogen (secondary N) is 2. The Labute approximate surface area is 145 Å². The Balaban J connectivity index is 1.44. The van der Waals surface area contributed by atoms with Gasteiger partial charge in [0.1, 0.15) is 5.76 Å². The molecule has 3 aromatic rings. The van der Waals surface area contributed by atoms with Crippen LogP contribution in [0.4, 0.5) is 29.0 Å². The molecule has 2 aromatic heterocycles. The Kier molecular flexibility index (Phi) is 4.16. The maximum absolute atomic E-state index is 5.01. The molecule has 8 heteroatoms. The monoisotopic (exact) mass is 337 g/mol. The molecule has 1 fully saturated rings. The maximum atomic E-state index is 5.01. The summed E-state index contributed by atoms with van der Waals surface area (Å²) in [4.78, 5) is 6.79. The molecule has 1 saturated heterocycles. The normalized spacial score (nSPS) is 13.9. The van der Waals surface area contributed by atoms with Crippen LogP contribution < -0.4 is 15.5 Å². The molecule has 0 bridgehead atoms. The summed E-state index contributed by atoms with van der Waals surface area (Å²) in [6, 6.07) is 10.1. The molecule has 0 radical (unpaired) electrons. The van der Waals surface area contributed by atoms with Gasteiger partial charge in [0.2, 0.25) is 5.95 Å². The van der Waals surface area contributed by atoms with Crippen LogP contribution in [0.2, 0.25) is 0 Å². The number of aromatic nitrogens is 4. The molecule has 0 aliphatic carbocycles. The van der Waals surface area contributed by atoms with Crippen molar-refractivity contribution in [1.82, 2.24) is 20.3 Å². The van der Waals surface area contributed by atoms with Crippen LogP contribution in [-0.2, 0) is 0 Å². The molecular weight excluding hydrogens is 318 g/mol. The lowest BCUT2D eigenvalue weighted by molar-refractivity contribution is 0.400. The number of nitrogens with zero attached hydrogens (tertiary/aromatic N) is 5. The van der Waals surface area contributed by atoms with Crippen molar-refractivity contribution in [3.05, 3.63) is 42.3 Å². The third-order valence-corrected chi connectivity index (χ3v) is 4.04. The molecule has 8 nitrogen and oxygen atoms in total. The number of hydrogen-bond acceptors (Lipinski definition) is 8. The predicted octanol–water partition coefficient (Wildman–Crippen LogP) is 3.26. The zero-order valence-corrected chi connectivity index (χ0v) is 13.9.